The van der Waals surface area contributed by atoms with Gasteiger partial charge in [-0.05, 0) is 31.0 Å². The van der Waals surface area contributed by atoms with Crippen LogP contribution < -0.4 is 0 Å². The summed E-state index contributed by atoms with van der Waals surface area (Å²) < 4.78 is 0. The average molecular weight is 205 g/mol. The van der Waals surface area contributed by atoms with Crippen molar-refractivity contribution >= 4 is 0 Å². The summed E-state index contributed by atoms with van der Waals surface area (Å²) in [6.07, 6.45) is 2.07. The molecule has 2 heterocycles. The predicted molar refractivity (Wildman–Crippen MR) is 60.6 cm³/mol. The zero-order chi connectivity index (χ0) is 10.8. The molecule has 1 aliphatic heterocycles. The highest BCUT2D eigenvalue weighted by Crippen LogP contribution is 2.16. The third kappa shape index (κ3) is 2.53. The van der Waals surface area contributed by atoms with E-state index in [0.717, 1.165) is 31.6 Å². The first kappa shape index (κ1) is 10.6. The minimum absolute atomic E-state index is 0.652. The van der Waals surface area contributed by atoms with Crippen molar-refractivity contribution in [3.8, 4) is 0 Å². The number of nitrogens with zero attached hydrogens (tertiary/aromatic N) is 3. The Morgan fingerprint density at radius 3 is 2.93 bits per heavy atom. The van der Waals surface area contributed by atoms with Crippen molar-refractivity contribution < 1.29 is 0 Å². The highest BCUT2D eigenvalue weighted by Gasteiger charge is 2.15. The van der Waals surface area contributed by atoms with Crippen molar-refractivity contribution in [1.29, 1.82) is 0 Å². The molecule has 3 heteroatoms. The van der Waals surface area contributed by atoms with E-state index in [0.29, 0.717) is 5.92 Å². The molecule has 0 radical (unpaired) electrons. The molecule has 0 atom stereocenters. The van der Waals surface area contributed by atoms with E-state index in [4.69, 9.17) is 0 Å². The average Bonchev–Trinajstić information content (AvgIpc) is 2.16. The van der Waals surface area contributed by atoms with Crippen LogP contribution in [-0.4, -0.2) is 28.7 Å². The van der Waals surface area contributed by atoms with Gasteiger partial charge in [0.05, 0.1) is 11.4 Å². The lowest BCUT2D eigenvalue weighted by molar-refractivity contribution is 0.308. The molecule has 0 fully saturated rings. The smallest absolute Gasteiger partial charge is 0.0689 e. The molecule has 1 aromatic heterocycles. The van der Waals surface area contributed by atoms with E-state index in [1.807, 2.05) is 0 Å². The van der Waals surface area contributed by atoms with Gasteiger partial charge in [0.25, 0.3) is 0 Å². The van der Waals surface area contributed by atoms with E-state index < -0.39 is 0 Å². The van der Waals surface area contributed by atoms with Crippen LogP contribution in [-0.2, 0) is 19.4 Å². The summed E-state index contributed by atoms with van der Waals surface area (Å²) >= 11 is 0. The van der Waals surface area contributed by atoms with Crippen molar-refractivity contribution in [2.45, 2.75) is 33.2 Å². The van der Waals surface area contributed by atoms with Gasteiger partial charge in [0.1, 0.15) is 0 Å². The second-order valence-corrected chi connectivity index (χ2v) is 4.89. The molecule has 3 nitrogen and oxygen atoms in total. The van der Waals surface area contributed by atoms with Crippen molar-refractivity contribution in [1.82, 2.24) is 15.1 Å². The van der Waals surface area contributed by atoms with Crippen LogP contribution in [0.4, 0.5) is 0 Å². The Morgan fingerprint density at radius 1 is 1.40 bits per heavy atom. The summed E-state index contributed by atoms with van der Waals surface area (Å²) in [5.41, 5.74) is 3.70. The van der Waals surface area contributed by atoms with Crippen molar-refractivity contribution in [3.05, 3.63) is 23.0 Å². The molecule has 0 spiro atoms. The van der Waals surface area contributed by atoms with Crippen LogP contribution in [0.2, 0.25) is 0 Å². The van der Waals surface area contributed by atoms with Crippen molar-refractivity contribution in [3.63, 3.8) is 0 Å². The lowest BCUT2D eigenvalue weighted by Gasteiger charge is -2.23. The Hall–Kier alpha value is -0.960. The molecule has 1 aromatic rings. The monoisotopic (exact) mass is 205 g/mol. The molecule has 0 saturated heterocycles. The Balaban J connectivity index is 2.20. The molecule has 0 aromatic carbocycles. The number of rotatable bonds is 2. The van der Waals surface area contributed by atoms with Gasteiger partial charge in [-0.15, -0.1) is 0 Å². The van der Waals surface area contributed by atoms with E-state index in [1.165, 1.54) is 11.3 Å². The van der Waals surface area contributed by atoms with E-state index in [-0.39, 0.29) is 0 Å². The van der Waals surface area contributed by atoms with Crippen LogP contribution in [0.5, 0.6) is 0 Å². The second kappa shape index (κ2) is 4.27. The number of fused-ring (bicyclic) bond motifs is 1. The summed E-state index contributed by atoms with van der Waals surface area (Å²) in [4.78, 5) is 2.34. The maximum atomic E-state index is 4.33. The SMILES string of the molecule is CC(C)Cc1cc2c(nn1)CCN(C)C2. The van der Waals surface area contributed by atoms with Gasteiger partial charge in [0.2, 0.25) is 0 Å². The molecule has 1 aliphatic rings. The highest BCUT2D eigenvalue weighted by atomic mass is 15.1. The topological polar surface area (TPSA) is 29.0 Å². The quantitative estimate of drug-likeness (QED) is 0.735. The third-order valence-corrected chi connectivity index (χ3v) is 2.80. The summed E-state index contributed by atoms with van der Waals surface area (Å²) in [7, 11) is 2.16. The molecule has 0 amide bonds. The molecule has 0 saturated carbocycles. The van der Waals surface area contributed by atoms with Gasteiger partial charge in [-0.25, -0.2) is 0 Å². The molecule has 2 rings (SSSR count). The number of aromatic nitrogens is 2. The number of hydrogen-bond acceptors (Lipinski definition) is 3. The minimum atomic E-state index is 0.652. The van der Waals surface area contributed by atoms with E-state index in [9.17, 15) is 0 Å². The normalized spacial score (nSPS) is 16.8. The van der Waals surface area contributed by atoms with Crippen molar-refractivity contribution in [2.75, 3.05) is 13.6 Å². The molecule has 0 N–H and O–H groups in total. The number of hydrogen-bond donors (Lipinski definition) is 0. The molecule has 82 valence electrons. The Bertz CT molecular complexity index is 347. The van der Waals surface area contributed by atoms with E-state index in [1.54, 1.807) is 0 Å². The lowest BCUT2D eigenvalue weighted by atomic mass is 10.0. The standard InChI is InChI=1S/C12H19N3/c1-9(2)6-11-7-10-8-15(3)5-4-12(10)14-13-11/h7,9H,4-6,8H2,1-3H3. The minimum Gasteiger partial charge on any atom is -0.302 e. The van der Waals surface area contributed by atoms with Gasteiger partial charge in [-0.1, -0.05) is 13.8 Å². The maximum Gasteiger partial charge on any atom is 0.0689 e. The maximum absolute atomic E-state index is 4.33. The summed E-state index contributed by atoms with van der Waals surface area (Å²) in [6, 6.07) is 2.23. The molecular formula is C12H19N3. The summed E-state index contributed by atoms with van der Waals surface area (Å²) in [5, 5.41) is 8.62. The van der Waals surface area contributed by atoms with Crippen LogP contribution >= 0.6 is 0 Å². The van der Waals surface area contributed by atoms with E-state index in [2.05, 4.69) is 42.1 Å². The van der Waals surface area contributed by atoms with Crippen molar-refractivity contribution in [2.24, 2.45) is 5.92 Å². The third-order valence-electron chi connectivity index (χ3n) is 2.80. The van der Waals surface area contributed by atoms with E-state index >= 15 is 0 Å². The van der Waals surface area contributed by atoms with Crippen LogP contribution in [0.3, 0.4) is 0 Å². The first-order valence-electron chi connectivity index (χ1n) is 5.68. The van der Waals surface area contributed by atoms with Gasteiger partial charge in [-0.2, -0.15) is 10.2 Å². The van der Waals surface area contributed by atoms with Crippen LogP contribution in [0, 0.1) is 5.92 Å². The van der Waals surface area contributed by atoms with Gasteiger partial charge in [0, 0.05) is 19.5 Å². The molecule has 15 heavy (non-hydrogen) atoms. The molecule has 0 aliphatic carbocycles. The van der Waals surface area contributed by atoms with Gasteiger partial charge in [0.15, 0.2) is 0 Å². The predicted octanol–water partition coefficient (Wildman–Crippen LogP) is 1.66. The fraction of sp³-hybridized carbons (Fsp3) is 0.667. The van der Waals surface area contributed by atoms with Crippen LogP contribution in [0.1, 0.15) is 30.8 Å². The Labute approximate surface area is 91.5 Å². The summed E-state index contributed by atoms with van der Waals surface area (Å²) in [6.45, 7) is 6.56. The fourth-order valence-corrected chi connectivity index (χ4v) is 2.03. The number of likely N-dealkylation sites (N-methyl/N-ethyl adjacent to an activating group) is 1. The van der Waals surface area contributed by atoms with Gasteiger partial charge in [-0.3, -0.25) is 0 Å². The van der Waals surface area contributed by atoms with Gasteiger partial charge >= 0.3 is 0 Å². The highest BCUT2D eigenvalue weighted by molar-refractivity contribution is 5.23. The van der Waals surface area contributed by atoms with Gasteiger partial charge < -0.3 is 4.90 Å². The molecule has 0 unspecified atom stereocenters. The Kier molecular flexibility index (Phi) is 3.00. The fourth-order valence-electron chi connectivity index (χ4n) is 2.03. The lowest BCUT2D eigenvalue weighted by Crippen LogP contribution is -2.27. The van der Waals surface area contributed by atoms with Crippen LogP contribution in [0.15, 0.2) is 6.07 Å². The first-order chi connectivity index (χ1) is 7.15. The zero-order valence-electron chi connectivity index (χ0n) is 9.82. The zero-order valence-corrected chi connectivity index (χ0v) is 9.82. The Morgan fingerprint density at radius 2 is 2.20 bits per heavy atom. The first-order valence-corrected chi connectivity index (χ1v) is 5.68. The second-order valence-electron chi connectivity index (χ2n) is 4.89. The van der Waals surface area contributed by atoms with Crippen LogP contribution in [0.25, 0.3) is 0 Å². The molecule has 0 bridgehead atoms. The summed E-state index contributed by atoms with van der Waals surface area (Å²) in [5.74, 6) is 0.652. The largest absolute Gasteiger partial charge is 0.302 e. The molecular weight excluding hydrogens is 186 g/mol.